The van der Waals surface area contributed by atoms with E-state index in [0.29, 0.717) is 0 Å². The van der Waals surface area contributed by atoms with Gasteiger partial charge in [0.15, 0.2) is 6.29 Å². The number of aliphatic hydroxyl groups is 4. The van der Waals surface area contributed by atoms with Crippen LogP contribution in [0.1, 0.15) is 0 Å². The van der Waals surface area contributed by atoms with Gasteiger partial charge in [0, 0.05) is 0 Å². The molecule has 5 heteroatoms. The molecule has 4 N–H and O–H groups in total. The zero-order chi connectivity index (χ0) is 7.72. The third kappa shape index (κ3) is 1.14. The van der Waals surface area contributed by atoms with Gasteiger partial charge in [-0.3, -0.25) is 0 Å². The number of hydrogen-bond donors (Lipinski definition) is 4. The lowest BCUT2D eigenvalue weighted by Crippen LogP contribution is -2.33. The quantitative estimate of drug-likeness (QED) is 0.329. The van der Waals surface area contributed by atoms with Gasteiger partial charge in [-0.05, 0) is 0 Å². The molecule has 0 spiro atoms. The van der Waals surface area contributed by atoms with Crippen LogP contribution in [0, 0.1) is 0 Å². The Morgan fingerprint density at radius 3 is 1.90 bits per heavy atom. The van der Waals surface area contributed by atoms with Gasteiger partial charge >= 0.3 is 0 Å². The van der Waals surface area contributed by atoms with Gasteiger partial charge in [0.05, 0.1) is 6.61 Å². The number of hydrogen-bond acceptors (Lipinski definition) is 5. The maximum Gasteiger partial charge on any atom is 0.184 e. The van der Waals surface area contributed by atoms with Crippen LogP contribution in [-0.2, 0) is 4.74 Å². The van der Waals surface area contributed by atoms with E-state index in [2.05, 4.69) is 4.74 Å². The Kier molecular flexibility index (Phi) is 2.22. The fourth-order valence-electron chi connectivity index (χ4n) is 0.880. The predicted octanol–water partition coefficient (Wildman–Crippen LogP) is -2.58. The summed E-state index contributed by atoms with van der Waals surface area (Å²) >= 11 is 0. The maximum absolute atomic E-state index is 8.93. The van der Waals surface area contributed by atoms with E-state index in [1.807, 2.05) is 0 Å². The number of aliphatic hydroxyl groups excluding tert-OH is 4. The van der Waals surface area contributed by atoms with E-state index in [1.165, 1.54) is 0 Å². The highest BCUT2D eigenvalue weighted by molar-refractivity contribution is 4.84. The van der Waals surface area contributed by atoms with Crippen molar-refractivity contribution in [2.24, 2.45) is 0 Å². The molecule has 0 radical (unpaired) electrons. The van der Waals surface area contributed by atoms with Gasteiger partial charge in [-0.15, -0.1) is 0 Å². The van der Waals surface area contributed by atoms with Gasteiger partial charge in [-0.1, -0.05) is 0 Å². The van der Waals surface area contributed by atoms with Crippen molar-refractivity contribution >= 4 is 0 Å². The van der Waals surface area contributed by atoms with Crippen molar-refractivity contribution in [3.05, 3.63) is 0 Å². The van der Waals surface area contributed by atoms with E-state index in [1.54, 1.807) is 0 Å². The van der Waals surface area contributed by atoms with E-state index in [9.17, 15) is 0 Å². The van der Waals surface area contributed by atoms with E-state index >= 15 is 0 Å². The van der Waals surface area contributed by atoms with E-state index in [-0.39, 0.29) is 0 Å². The van der Waals surface area contributed by atoms with Crippen LogP contribution in [0.4, 0.5) is 0 Å². The molecule has 0 bridgehead atoms. The van der Waals surface area contributed by atoms with Crippen LogP contribution < -0.4 is 0 Å². The minimum atomic E-state index is -1.38. The summed E-state index contributed by atoms with van der Waals surface area (Å²) in [5, 5.41) is 35.0. The highest BCUT2D eigenvalue weighted by Crippen LogP contribution is 2.18. The van der Waals surface area contributed by atoms with Crippen LogP contribution in [0.5, 0.6) is 0 Å². The molecular formula is C5H10O5. The van der Waals surface area contributed by atoms with Crippen molar-refractivity contribution in [1.29, 1.82) is 0 Å². The van der Waals surface area contributed by atoms with Crippen molar-refractivity contribution in [3.63, 3.8) is 0 Å². The minimum Gasteiger partial charge on any atom is -0.394 e. The molecule has 1 rings (SSSR count). The van der Waals surface area contributed by atoms with Crippen molar-refractivity contribution in [1.82, 2.24) is 0 Å². The summed E-state index contributed by atoms with van der Waals surface area (Å²) in [5.74, 6) is 0. The van der Waals surface area contributed by atoms with Crippen molar-refractivity contribution in [2.75, 3.05) is 6.61 Å². The van der Waals surface area contributed by atoms with Crippen molar-refractivity contribution < 1.29 is 25.2 Å². The third-order valence-electron chi connectivity index (χ3n) is 1.52. The summed E-state index contributed by atoms with van der Waals surface area (Å²) in [7, 11) is 0. The zero-order valence-corrected chi connectivity index (χ0v) is 5.21. The second-order valence-electron chi connectivity index (χ2n) is 2.23. The summed E-state index contributed by atoms with van der Waals surface area (Å²) < 4.78 is 4.54. The summed E-state index contributed by atoms with van der Waals surface area (Å²) in [5.41, 5.74) is 0. The molecule has 0 aromatic rings. The standard InChI is InChI=1S/C5H10O5/c6-1-2-3(7)4(8)5(9)10-2/h2-9H,1H2/t2-,3?,4?,5-/m1/s1. The molecule has 0 aliphatic carbocycles. The Labute approximate surface area is 57.5 Å². The molecule has 0 aromatic carbocycles. The smallest absolute Gasteiger partial charge is 0.184 e. The monoisotopic (exact) mass is 150 g/mol. The molecule has 10 heavy (non-hydrogen) atoms. The van der Waals surface area contributed by atoms with Gasteiger partial charge in [0.25, 0.3) is 0 Å². The topological polar surface area (TPSA) is 90.2 Å². The summed E-state index contributed by atoms with van der Waals surface area (Å²) in [4.78, 5) is 0. The molecule has 0 saturated carbocycles. The maximum atomic E-state index is 8.93. The van der Waals surface area contributed by atoms with Crippen molar-refractivity contribution in [2.45, 2.75) is 24.6 Å². The largest absolute Gasteiger partial charge is 0.394 e. The van der Waals surface area contributed by atoms with Gasteiger partial charge in [-0.25, -0.2) is 0 Å². The first-order valence-corrected chi connectivity index (χ1v) is 2.97. The molecule has 1 fully saturated rings. The number of ether oxygens (including phenoxy) is 1. The Morgan fingerprint density at radius 1 is 1.10 bits per heavy atom. The van der Waals surface area contributed by atoms with Gasteiger partial charge in [-0.2, -0.15) is 0 Å². The van der Waals surface area contributed by atoms with Gasteiger partial charge in [0.2, 0.25) is 0 Å². The molecule has 0 amide bonds. The van der Waals surface area contributed by atoms with E-state index < -0.39 is 31.2 Å². The summed E-state index contributed by atoms with van der Waals surface area (Å²) in [6, 6.07) is 0. The average molecular weight is 150 g/mol. The first-order valence-electron chi connectivity index (χ1n) is 2.97. The molecular weight excluding hydrogens is 140 g/mol. The molecule has 1 aliphatic rings. The third-order valence-corrected chi connectivity index (χ3v) is 1.52. The van der Waals surface area contributed by atoms with Crippen LogP contribution >= 0.6 is 0 Å². The Bertz CT molecular complexity index is 117. The van der Waals surface area contributed by atoms with E-state index in [0.717, 1.165) is 0 Å². The molecule has 5 nitrogen and oxygen atoms in total. The molecule has 4 atom stereocenters. The lowest BCUT2D eigenvalue weighted by atomic mass is 10.1. The normalized spacial score (nSPS) is 48.0. The predicted molar refractivity (Wildman–Crippen MR) is 30.0 cm³/mol. The molecule has 1 saturated heterocycles. The fourth-order valence-corrected chi connectivity index (χ4v) is 0.880. The molecule has 2 unspecified atom stereocenters. The van der Waals surface area contributed by atoms with Gasteiger partial charge < -0.3 is 25.2 Å². The van der Waals surface area contributed by atoms with Crippen LogP contribution in [-0.4, -0.2) is 51.6 Å². The molecule has 1 heterocycles. The SMILES string of the molecule is OC[C@H]1O[C@@H](O)C(O)C1O. The lowest BCUT2D eigenvalue weighted by molar-refractivity contribution is -0.132. The molecule has 1 aliphatic heterocycles. The van der Waals surface area contributed by atoms with E-state index in [4.69, 9.17) is 20.4 Å². The Morgan fingerprint density at radius 2 is 1.70 bits per heavy atom. The second kappa shape index (κ2) is 2.81. The lowest BCUT2D eigenvalue weighted by Gasteiger charge is -2.09. The first kappa shape index (κ1) is 7.90. The summed E-state index contributed by atoms with van der Waals surface area (Å²) in [6.07, 6.45) is -4.76. The number of rotatable bonds is 1. The highest BCUT2D eigenvalue weighted by atomic mass is 16.6. The van der Waals surface area contributed by atoms with Gasteiger partial charge in [0.1, 0.15) is 18.3 Å². The van der Waals surface area contributed by atoms with Crippen molar-refractivity contribution in [3.8, 4) is 0 Å². The average Bonchev–Trinajstić information content (AvgIpc) is 2.17. The molecule has 0 aromatic heterocycles. The second-order valence-corrected chi connectivity index (χ2v) is 2.23. The first-order chi connectivity index (χ1) is 4.66. The highest BCUT2D eigenvalue weighted by Gasteiger charge is 2.41. The van der Waals surface area contributed by atoms with Crippen LogP contribution in [0.15, 0.2) is 0 Å². The zero-order valence-electron chi connectivity index (χ0n) is 5.21. The van der Waals surface area contributed by atoms with Crippen LogP contribution in [0.3, 0.4) is 0 Å². The van der Waals surface area contributed by atoms with Crippen LogP contribution in [0.25, 0.3) is 0 Å². The fraction of sp³-hybridized carbons (Fsp3) is 1.00. The molecule has 60 valence electrons. The Hall–Kier alpha value is -0.200. The minimum absolute atomic E-state index is 0.407. The summed E-state index contributed by atoms with van der Waals surface area (Å²) in [6.45, 7) is -0.407. The Balaban J connectivity index is 2.53. The van der Waals surface area contributed by atoms with Crippen LogP contribution in [0.2, 0.25) is 0 Å².